The minimum Gasteiger partial charge on any atom is -0.295 e. The SMILES string of the molecule is Cc1cc(-n2c(CCl)nc3ccc(Cl)cc32)ccc1Br. The van der Waals surface area contributed by atoms with Crippen LogP contribution >= 0.6 is 39.1 Å². The van der Waals surface area contributed by atoms with Gasteiger partial charge in [0, 0.05) is 15.2 Å². The van der Waals surface area contributed by atoms with Crippen LogP contribution in [0, 0.1) is 6.92 Å². The molecule has 20 heavy (non-hydrogen) atoms. The Balaban J connectivity index is 2.32. The van der Waals surface area contributed by atoms with E-state index in [-0.39, 0.29) is 0 Å². The highest BCUT2D eigenvalue weighted by Crippen LogP contribution is 2.27. The van der Waals surface area contributed by atoms with Gasteiger partial charge in [-0.05, 0) is 48.9 Å². The lowest BCUT2D eigenvalue weighted by Gasteiger charge is -2.09. The topological polar surface area (TPSA) is 17.8 Å². The molecule has 0 unspecified atom stereocenters. The Labute approximate surface area is 135 Å². The minimum atomic E-state index is 0.349. The molecule has 0 fully saturated rings. The first-order chi connectivity index (χ1) is 9.60. The molecule has 0 N–H and O–H groups in total. The molecular formula is C15H11BrCl2N2. The molecule has 0 amide bonds. The van der Waals surface area contributed by atoms with Gasteiger partial charge in [-0.25, -0.2) is 4.98 Å². The highest BCUT2D eigenvalue weighted by molar-refractivity contribution is 9.10. The van der Waals surface area contributed by atoms with Crippen molar-refractivity contribution >= 4 is 50.2 Å². The first kappa shape index (κ1) is 13.9. The lowest BCUT2D eigenvalue weighted by atomic mass is 10.2. The maximum Gasteiger partial charge on any atom is 0.129 e. The number of aryl methyl sites for hydroxylation is 1. The zero-order valence-corrected chi connectivity index (χ0v) is 13.8. The van der Waals surface area contributed by atoms with Crippen LogP contribution in [0.2, 0.25) is 5.02 Å². The number of hydrogen-bond donors (Lipinski definition) is 0. The fourth-order valence-corrected chi connectivity index (χ4v) is 2.84. The van der Waals surface area contributed by atoms with Crippen LogP contribution in [0.25, 0.3) is 16.7 Å². The Kier molecular flexibility index (Phi) is 3.76. The second-order valence-electron chi connectivity index (χ2n) is 4.56. The van der Waals surface area contributed by atoms with Crippen molar-refractivity contribution in [3.05, 3.63) is 57.3 Å². The number of alkyl halides is 1. The molecule has 0 spiro atoms. The van der Waals surface area contributed by atoms with Gasteiger partial charge in [0.2, 0.25) is 0 Å². The van der Waals surface area contributed by atoms with E-state index in [1.807, 2.05) is 34.9 Å². The Morgan fingerprint density at radius 1 is 1.20 bits per heavy atom. The van der Waals surface area contributed by atoms with Crippen molar-refractivity contribution in [2.45, 2.75) is 12.8 Å². The lowest BCUT2D eigenvalue weighted by Crippen LogP contribution is -1.99. The molecule has 102 valence electrons. The summed E-state index contributed by atoms with van der Waals surface area (Å²) in [5.41, 5.74) is 4.05. The Bertz CT molecular complexity index is 796. The molecule has 0 saturated carbocycles. The zero-order valence-electron chi connectivity index (χ0n) is 10.7. The van der Waals surface area contributed by atoms with Crippen molar-refractivity contribution < 1.29 is 0 Å². The quantitative estimate of drug-likeness (QED) is 0.546. The van der Waals surface area contributed by atoms with Gasteiger partial charge in [-0.1, -0.05) is 27.5 Å². The van der Waals surface area contributed by atoms with Gasteiger partial charge >= 0.3 is 0 Å². The van der Waals surface area contributed by atoms with Crippen LogP contribution in [0.5, 0.6) is 0 Å². The fourth-order valence-electron chi connectivity index (χ4n) is 2.24. The number of hydrogen-bond acceptors (Lipinski definition) is 1. The largest absolute Gasteiger partial charge is 0.295 e. The zero-order chi connectivity index (χ0) is 14.3. The van der Waals surface area contributed by atoms with Gasteiger partial charge in [0.15, 0.2) is 0 Å². The van der Waals surface area contributed by atoms with Crippen LogP contribution in [0.15, 0.2) is 40.9 Å². The molecule has 0 saturated heterocycles. The Hall–Kier alpha value is -1.03. The van der Waals surface area contributed by atoms with Gasteiger partial charge < -0.3 is 0 Å². The first-order valence-corrected chi connectivity index (χ1v) is 7.80. The van der Waals surface area contributed by atoms with Crippen molar-refractivity contribution in [2.75, 3.05) is 0 Å². The molecule has 3 rings (SSSR count). The standard InChI is InChI=1S/C15H11BrCl2N2/c1-9-6-11(3-4-12(9)16)20-14-7-10(18)2-5-13(14)19-15(20)8-17/h2-7H,8H2,1H3. The van der Waals surface area contributed by atoms with Crippen LogP contribution in [0.3, 0.4) is 0 Å². The molecule has 0 aliphatic heterocycles. The van der Waals surface area contributed by atoms with E-state index in [0.717, 1.165) is 32.6 Å². The molecule has 3 aromatic rings. The second kappa shape index (κ2) is 5.40. The van der Waals surface area contributed by atoms with E-state index < -0.39 is 0 Å². The monoisotopic (exact) mass is 368 g/mol. The van der Waals surface area contributed by atoms with E-state index in [4.69, 9.17) is 23.2 Å². The molecule has 1 heterocycles. The summed E-state index contributed by atoms with van der Waals surface area (Å²) in [6, 6.07) is 11.8. The maximum absolute atomic E-state index is 6.11. The summed E-state index contributed by atoms with van der Waals surface area (Å²) in [5.74, 6) is 1.16. The molecular weight excluding hydrogens is 359 g/mol. The van der Waals surface area contributed by atoms with Crippen molar-refractivity contribution in [2.24, 2.45) is 0 Å². The summed E-state index contributed by atoms with van der Waals surface area (Å²) < 4.78 is 3.13. The summed E-state index contributed by atoms with van der Waals surface area (Å²) >= 11 is 15.7. The van der Waals surface area contributed by atoms with E-state index in [0.29, 0.717) is 10.9 Å². The van der Waals surface area contributed by atoms with Crippen molar-refractivity contribution in [1.29, 1.82) is 0 Å². The van der Waals surface area contributed by atoms with Crippen LogP contribution in [-0.4, -0.2) is 9.55 Å². The number of aromatic nitrogens is 2. The highest BCUT2D eigenvalue weighted by Gasteiger charge is 2.12. The molecule has 0 bridgehead atoms. The van der Waals surface area contributed by atoms with E-state index in [1.54, 1.807) is 0 Å². The fraction of sp³-hybridized carbons (Fsp3) is 0.133. The van der Waals surface area contributed by atoms with E-state index in [9.17, 15) is 0 Å². The van der Waals surface area contributed by atoms with Crippen LogP contribution in [0.4, 0.5) is 0 Å². The second-order valence-corrected chi connectivity index (χ2v) is 6.12. The van der Waals surface area contributed by atoms with Crippen molar-refractivity contribution in [1.82, 2.24) is 9.55 Å². The van der Waals surface area contributed by atoms with Gasteiger partial charge in [0.1, 0.15) is 5.82 Å². The van der Waals surface area contributed by atoms with Gasteiger partial charge in [0.25, 0.3) is 0 Å². The molecule has 0 aliphatic carbocycles. The number of fused-ring (bicyclic) bond motifs is 1. The number of nitrogens with zero attached hydrogens (tertiary/aromatic N) is 2. The summed E-state index contributed by atoms with van der Waals surface area (Å²) in [6.07, 6.45) is 0. The third kappa shape index (κ3) is 2.34. The third-order valence-corrected chi connectivity index (χ3v) is 4.57. The van der Waals surface area contributed by atoms with Crippen molar-refractivity contribution in [3.8, 4) is 5.69 Å². The van der Waals surface area contributed by atoms with Gasteiger partial charge in [-0.3, -0.25) is 4.57 Å². The summed E-state index contributed by atoms with van der Waals surface area (Å²) in [4.78, 5) is 4.56. The van der Waals surface area contributed by atoms with E-state index >= 15 is 0 Å². The Morgan fingerprint density at radius 2 is 2.00 bits per heavy atom. The molecule has 0 aliphatic rings. The normalized spacial score (nSPS) is 11.2. The van der Waals surface area contributed by atoms with Gasteiger partial charge in [-0.15, -0.1) is 11.6 Å². The average Bonchev–Trinajstić information content (AvgIpc) is 2.79. The average molecular weight is 370 g/mol. The molecule has 1 aromatic heterocycles. The number of rotatable bonds is 2. The Morgan fingerprint density at radius 3 is 2.70 bits per heavy atom. The van der Waals surface area contributed by atoms with E-state index in [2.05, 4.69) is 33.9 Å². The number of halogens is 3. The predicted molar refractivity (Wildman–Crippen MR) is 88.1 cm³/mol. The van der Waals surface area contributed by atoms with Crippen LogP contribution < -0.4 is 0 Å². The lowest BCUT2D eigenvalue weighted by molar-refractivity contribution is 0.979. The van der Waals surface area contributed by atoms with E-state index in [1.165, 1.54) is 0 Å². The molecule has 2 aromatic carbocycles. The molecule has 0 radical (unpaired) electrons. The highest BCUT2D eigenvalue weighted by atomic mass is 79.9. The smallest absolute Gasteiger partial charge is 0.129 e. The summed E-state index contributed by atoms with van der Waals surface area (Å²) in [6.45, 7) is 2.06. The van der Waals surface area contributed by atoms with Crippen LogP contribution in [0.1, 0.15) is 11.4 Å². The summed E-state index contributed by atoms with van der Waals surface area (Å²) in [5, 5.41) is 0.689. The molecule has 2 nitrogen and oxygen atoms in total. The molecule has 0 atom stereocenters. The minimum absolute atomic E-state index is 0.349. The van der Waals surface area contributed by atoms with Gasteiger partial charge in [-0.2, -0.15) is 0 Å². The number of imidazole rings is 1. The van der Waals surface area contributed by atoms with Crippen LogP contribution in [-0.2, 0) is 5.88 Å². The van der Waals surface area contributed by atoms with Crippen molar-refractivity contribution in [3.63, 3.8) is 0 Å². The third-order valence-electron chi connectivity index (χ3n) is 3.21. The molecule has 5 heteroatoms. The first-order valence-electron chi connectivity index (χ1n) is 6.09. The number of benzene rings is 2. The maximum atomic E-state index is 6.11. The predicted octanol–water partition coefficient (Wildman–Crippen LogP) is 5.49. The summed E-state index contributed by atoms with van der Waals surface area (Å²) in [7, 11) is 0. The van der Waals surface area contributed by atoms with Gasteiger partial charge in [0.05, 0.1) is 16.9 Å².